The van der Waals surface area contributed by atoms with Gasteiger partial charge in [-0.2, -0.15) is 0 Å². The molecule has 0 bridgehead atoms. The number of carbonyl (C=O) groups excluding carboxylic acids is 1. The Hall–Kier alpha value is 0.210. The molecular formula is C5H10NNaO. The van der Waals surface area contributed by atoms with Gasteiger partial charge in [0.15, 0.2) is 0 Å². The van der Waals surface area contributed by atoms with E-state index in [0.29, 0.717) is 5.57 Å². The molecule has 0 aromatic heterocycles. The zero-order valence-electron chi connectivity index (χ0n) is 4.56. The summed E-state index contributed by atoms with van der Waals surface area (Å²) < 4.78 is 0. The Morgan fingerprint density at radius 2 is 2.00 bits per heavy atom. The van der Waals surface area contributed by atoms with Gasteiger partial charge in [0.2, 0.25) is 5.91 Å². The monoisotopic (exact) mass is 123 g/mol. The van der Waals surface area contributed by atoms with Crippen LogP contribution in [-0.2, 0) is 4.79 Å². The molecule has 0 atom stereocenters. The van der Waals surface area contributed by atoms with Crippen LogP contribution < -0.4 is 5.73 Å². The summed E-state index contributed by atoms with van der Waals surface area (Å²) in [5.74, 6) is -0.345. The Balaban J connectivity index is 0. The van der Waals surface area contributed by atoms with Gasteiger partial charge in [0.1, 0.15) is 0 Å². The molecule has 2 N–H and O–H groups in total. The summed E-state index contributed by atoms with van der Waals surface area (Å²) in [5.41, 5.74) is 5.45. The van der Waals surface area contributed by atoms with E-state index in [1.54, 1.807) is 19.9 Å². The second-order valence-electron chi connectivity index (χ2n) is 1.34. The number of nitrogens with two attached hydrogens (primary N) is 1. The third-order valence-electron chi connectivity index (χ3n) is 0.822. The SMILES string of the molecule is CC=C(C)C(N)=O.[NaH]. The third kappa shape index (κ3) is 4.37. The van der Waals surface area contributed by atoms with Crippen LogP contribution in [0.25, 0.3) is 0 Å². The van der Waals surface area contributed by atoms with Gasteiger partial charge in [0.25, 0.3) is 0 Å². The molecule has 0 spiro atoms. The summed E-state index contributed by atoms with van der Waals surface area (Å²) in [6.45, 7) is 3.46. The fourth-order valence-electron chi connectivity index (χ4n) is 0.142. The summed E-state index contributed by atoms with van der Waals surface area (Å²) in [6.07, 6.45) is 1.68. The van der Waals surface area contributed by atoms with Crippen molar-refractivity contribution >= 4 is 35.5 Å². The molecule has 3 heteroatoms. The van der Waals surface area contributed by atoms with Crippen LogP contribution in [0.5, 0.6) is 0 Å². The number of allylic oxidation sites excluding steroid dienone is 1. The molecule has 0 aliphatic heterocycles. The van der Waals surface area contributed by atoms with Crippen molar-refractivity contribution in [1.82, 2.24) is 0 Å². The molecule has 0 radical (unpaired) electrons. The quantitative estimate of drug-likeness (QED) is 0.380. The van der Waals surface area contributed by atoms with E-state index in [-0.39, 0.29) is 35.5 Å². The summed E-state index contributed by atoms with van der Waals surface area (Å²) in [6, 6.07) is 0. The number of carbonyl (C=O) groups is 1. The van der Waals surface area contributed by atoms with E-state index in [1.165, 1.54) is 0 Å². The van der Waals surface area contributed by atoms with Crippen molar-refractivity contribution in [2.75, 3.05) is 0 Å². The number of hydrogen-bond donors (Lipinski definition) is 1. The van der Waals surface area contributed by atoms with Gasteiger partial charge in [-0.25, -0.2) is 0 Å². The first-order valence-electron chi connectivity index (χ1n) is 2.11. The zero-order chi connectivity index (χ0) is 5.86. The maximum atomic E-state index is 10.1. The topological polar surface area (TPSA) is 43.1 Å². The molecule has 1 amide bonds. The molecule has 0 aliphatic carbocycles. The van der Waals surface area contributed by atoms with Crippen LogP contribution in [0.15, 0.2) is 11.6 Å². The molecule has 0 rings (SSSR count). The van der Waals surface area contributed by atoms with Crippen LogP contribution in [0.4, 0.5) is 0 Å². The van der Waals surface area contributed by atoms with Gasteiger partial charge in [-0.1, -0.05) is 6.08 Å². The molecule has 0 saturated heterocycles. The molecule has 0 aromatic rings. The van der Waals surface area contributed by atoms with E-state index in [2.05, 4.69) is 0 Å². The predicted octanol–water partition coefficient (Wildman–Crippen LogP) is -0.211. The van der Waals surface area contributed by atoms with E-state index >= 15 is 0 Å². The third-order valence-corrected chi connectivity index (χ3v) is 0.822. The summed E-state index contributed by atoms with van der Waals surface area (Å²) >= 11 is 0. The van der Waals surface area contributed by atoms with Gasteiger partial charge in [0.05, 0.1) is 0 Å². The second-order valence-corrected chi connectivity index (χ2v) is 1.34. The van der Waals surface area contributed by atoms with E-state index in [1.807, 2.05) is 0 Å². The molecule has 0 saturated carbocycles. The minimum atomic E-state index is -0.345. The molecule has 2 nitrogen and oxygen atoms in total. The Kier molecular flexibility index (Phi) is 7.40. The summed E-state index contributed by atoms with van der Waals surface area (Å²) in [7, 11) is 0. The first-order chi connectivity index (χ1) is 3.18. The molecule has 8 heavy (non-hydrogen) atoms. The summed E-state index contributed by atoms with van der Waals surface area (Å²) in [4.78, 5) is 10.1. The van der Waals surface area contributed by atoms with E-state index < -0.39 is 0 Å². The zero-order valence-corrected chi connectivity index (χ0v) is 4.56. The number of amides is 1. The van der Waals surface area contributed by atoms with Crippen molar-refractivity contribution in [1.29, 1.82) is 0 Å². The molecule has 0 aromatic carbocycles. The van der Waals surface area contributed by atoms with Crippen molar-refractivity contribution in [2.45, 2.75) is 13.8 Å². The van der Waals surface area contributed by atoms with Crippen molar-refractivity contribution < 1.29 is 4.79 Å². The van der Waals surface area contributed by atoms with E-state index in [9.17, 15) is 4.79 Å². The molecule has 42 valence electrons. The molecular weight excluding hydrogens is 113 g/mol. The molecule has 0 aliphatic rings. The van der Waals surface area contributed by atoms with Crippen molar-refractivity contribution in [2.24, 2.45) is 5.73 Å². The van der Waals surface area contributed by atoms with Gasteiger partial charge in [-0.05, 0) is 13.8 Å². The second kappa shape index (κ2) is 5.35. The van der Waals surface area contributed by atoms with Crippen LogP contribution in [0.3, 0.4) is 0 Å². The maximum absolute atomic E-state index is 10.1. The van der Waals surface area contributed by atoms with Gasteiger partial charge in [0, 0.05) is 5.57 Å². The van der Waals surface area contributed by atoms with Crippen molar-refractivity contribution in [3.8, 4) is 0 Å². The molecule has 0 heterocycles. The van der Waals surface area contributed by atoms with Crippen LogP contribution in [0.1, 0.15) is 13.8 Å². The minimum absolute atomic E-state index is 0. The fraction of sp³-hybridized carbons (Fsp3) is 0.400. The Morgan fingerprint density at radius 3 is 2.00 bits per heavy atom. The number of rotatable bonds is 1. The van der Waals surface area contributed by atoms with E-state index in [0.717, 1.165) is 0 Å². The molecule has 0 fully saturated rings. The Bertz CT molecular complexity index is 109. The first-order valence-corrected chi connectivity index (χ1v) is 2.11. The summed E-state index contributed by atoms with van der Waals surface area (Å²) in [5, 5.41) is 0. The Morgan fingerprint density at radius 1 is 1.62 bits per heavy atom. The number of primary amides is 1. The van der Waals surface area contributed by atoms with Crippen LogP contribution in [0.2, 0.25) is 0 Å². The normalized spacial score (nSPS) is 10.0. The Labute approximate surface area is 71.4 Å². The molecule has 0 unspecified atom stereocenters. The van der Waals surface area contributed by atoms with Crippen molar-refractivity contribution in [3.63, 3.8) is 0 Å². The van der Waals surface area contributed by atoms with Gasteiger partial charge >= 0.3 is 29.6 Å². The van der Waals surface area contributed by atoms with Crippen LogP contribution in [-0.4, -0.2) is 35.5 Å². The first kappa shape index (κ1) is 11.1. The average Bonchev–Trinajstić information content (AvgIpc) is 1.65. The predicted molar refractivity (Wildman–Crippen MR) is 35.8 cm³/mol. The van der Waals surface area contributed by atoms with Gasteiger partial charge in [-0.15, -0.1) is 0 Å². The van der Waals surface area contributed by atoms with Gasteiger partial charge < -0.3 is 5.73 Å². The standard InChI is InChI=1S/C5H9NO.Na.H/c1-3-4(2)5(6)7;;/h3H,1-2H3,(H2,6,7);;. The van der Waals surface area contributed by atoms with Gasteiger partial charge in [-0.3, -0.25) is 4.79 Å². The average molecular weight is 123 g/mol. The fourth-order valence-corrected chi connectivity index (χ4v) is 0.142. The van der Waals surface area contributed by atoms with E-state index in [4.69, 9.17) is 5.73 Å². The number of hydrogen-bond acceptors (Lipinski definition) is 1. The van der Waals surface area contributed by atoms with Crippen LogP contribution >= 0.6 is 0 Å². The van der Waals surface area contributed by atoms with Crippen LogP contribution in [0, 0.1) is 0 Å². The van der Waals surface area contributed by atoms with Crippen molar-refractivity contribution in [3.05, 3.63) is 11.6 Å².